The van der Waals surface area contributed by atoms with Gasteiger partial charge in [-0.05, 0) is 56.5 Å². The smallest absolute Gasteiger partial charge is 0.329 e. The molecule has 0 fully saturated rings. The average Bonchev–Trinajstić information content (AvgIpc) is 3.08. The highest BCUT2D eigenvalue weighted by molar-refractivity contribution is 7.98. The van der Waals surface area contributed by atoms with Crippen molar-refractivity contribution in [3.8, 4) is 0 Å². The average molecular weight is 498 g/mol. The molecule has 4 amide bonds. The summed E-state index contributed by atoms with van der Waals surface area (Å²) in [4.78, 5) is 64.4. The van der Waals surface area contributed by atoms with Crippen LogP contribution in [-0.4, -0.2) is 65.2 Å². The van der Waals surface area contributed by atoms with Gasteiger partial charge >= 0.3 is 5.97 Å². The van der Waals surface area contributed by atoms with Gasteiger partial charge in [-0.15, -0.1) is 0 Å². The second-order valence-electron chi connectivity index (χ2n) is 8.15. The van der Waals surface area contributed by atoms with Crippen LogP contribution in [0.2, 0.25) is 0 Å². The monoisotopic (exact) mass is 497 g/mol. The number of fused-ring (bicyclic) bond motifs is 1. The van der Waals surface area contributed by atoms with E-state index in [9.17, 15) is 24.0 Å². The van der Waals surface area contributed by atoms with Crippen molar-refractivity contribution in [3.05, 3.63) is 65.2 Å². The molecule has 0 radical (unpaired) electrons. The van der Waals surface area contributed by atoms with Crippen LogP contribution >= 0.6 is 11.8 Å². The number of hydrogen-bond donors (Lipinski definition) is 2. The maximum Gasteiger partial charge on any atom is 0.329 e. The van der Waals surface area contributed by atoms with E-state index in [-0.39, 0.29) is 40.7 Å². The minimum absolute atomic E-state index is 0.0902. The predicted molar refractivity (Wildman–Crippen MR) is 132 cm³/mol. The Balaban J connectivity index is 1.68. The Hall–Kier alpha value is -3.66. The number of carbonyl (C=O) groups excluding carboxylic acids is 5. The van der Waals surface area contributed by atoms with Gasteiger partial charge in [0.2, 0.25) is 0 Å². The number of para-hydroxylation sites is 1. The van der Waals surface area contributed by atoms with Crippen LogP contribution in [0.3, 0.4) is 0 Å². The molecule has 0 aliphatic carbocycles. The molecule has 2 aromatic rings. The van der Waals surface area contributed by atoms with Crippen molar-refractivity contribution in [1.29, 1.82) is 0 Å². The number of ether oxygens (including phenoxy) is 1. The number of rotatable bonds is 10. The van der Waals surface area contributed by atoms with E-state index < -0.39 is 36.3 Å². The van der Waals surface area contributed by atoms with Gasteiger partial charge in [0, 0.05) is 6.04 Å². The lowest BCUT2D eigenvalue weighted by atomic mass is 10.1. The van der Waals surface area contributed by atoms with E-state index in [1.807, 2.05) is 20.1 Å². The topological polar surface area (TPSA) is 122 Å². The van der Waals surface area contributed by atoms with E-state index in [1.165, 1.54) is 23.9 Å². The normalized spacial score (nSPS) is 13.4. The van der Waals surface area contributed by atoms with Gasteiger partial charge in [0.1, 0.15) is 6.04 Å². The van der Waals surface area contributed by atoms with Crippen LogP contribution in [0.15, 0.2) is 48.5 Å². The zero-order chi connectivity index (χ0) is 25.5. The Morgan fingerprint density at radius 1 is 0.971 bits per heavy atom. The van der Waals surface area contributed by atoms with Gasteiger partial charge in [-0.25, -0.2) is 4.79 Å². The van der Waals surface area contributed by atoms with E-state index in [0.29, 0.717) is 5.75 Å². The Morgan fingerprint density at radius 2 is 1.57 bits per heavy atom. The number of benzene rings is 2. The molecular weight excluding hydrogens is 470 g/mol. The molecule has 2 N–H and O–H groups in total. The fourth-order valence-electron chi connectivity index (χ4n) is 3.62. The van der Waals surface area contributed by atoms with Crippen molar-refractivity contribution >= 4 is 47.0 Å². The summed E-state index contributed by atoms with van der Waals surface area (Å²) in [6.07, 6.45) is 2.02. The molecule has 1 atom stereocenters. The second-order valence-corrected chi connectivity index (χ2v) is 9.14. The number of carbonyl (C=O) groups is 5. The molecule has 1 aliphatic heterocycles. The van der Waals surface area contributed by atoms with Crippen LogP contribution in [-0.2, 0) is 14.3 Å². The first kappa shape index (κ1) is 26.0. The third kappa shape index (κ3) is 6.07. The largest absolute Gasteiger partial charge is 0.454 e. The predicted octanol–water partition coefficient (Wildman–Crippen LogP) is 2.72. The first-order chi connectivity index (χ1) is 16.7. The maximum absolute atomic E-state index is 12.9. The van der Waals surface area contributed by atoms with Crippen molar-refractivity contribution in [2.45, 2.75) is 32.4 Å². The standard InChI is InChI=1S/C25H27N3O6S/c1-15(2)26-22(30)18-10-6-7-11-19(18)27-21(29)14-34-25(33)20(12-13-35-3)28-23(31)16-8-4-5-9-17(16)24(28)32/h4-11,15,20H,12-14H2,1-3H3,(H,26,30)(H,27,29)/t20-/m1/s1. The van der Waals surface area contributed by atoms with Crippen molar-refractivity contribution in [2.24, 2.45) is 0 Å². The third-order valence-electron chi connectivity index (χ3n) is 5.22. The summed E-state index contributed by atoms with van der Waals surface area (Å²) in [7, 11) is 0. The molecule has 9 nitrogen and oxygen atoms in total. The summed E-state index contributed by atoms with van der Waals surface area (Å²) >= 11 is 1.45. The number of amides is 4. The lowest BCUT2D eigenvalue weighted by Gasteiger charge is -2.24. The Labute approximate surface area is 207 Å². The quantitative estimate of drug-likeness (QED) is 0.382. The van der Waals surface area contributed by atoms with Crippen molar-refractivity contribution in [1.82, 2.24) is 10.2 Å². The SMILES string of the molecule is CSCC[C@H](C(=O)OCC(=O)Nc1ccccc1C(=O)NC(C)C)N1C(=O)c2ccccc2C1=O. The van der Waals surface area contributed by atoms with Crippen molar-refractivity contribution in [2.75, 3.05) is 23.9 Å². The van der Waals surface area contributed by atoms with Crippen molar-refractivity contribution < 1.29 is 28.7 Å². The highest BCUT2D eigenvalue weighted by Crippen LogP contribution is 2.26. The molecule has 0 saturated heterocycles. The summed E-state index contributed by atoms with van der Waals surface area (Å²) in [6.45, 7) is 3.00. The fourth-order valence-corrected chi connectivity index (χ4v) is 4.08. The maximum atomic E-state index is 12.9. The summed E-state index contributed by atoms with van der Waals surface area (Å²) < 4.78 is 5.20. The van der Waals surface area contributed by atoms with E-state index >= 15 is 0 Å². The molecular formula is C25H27N3O6S. The summed E-state index contributed by atoms with van der Waals surface area (Å²) in [5.41, 5.74) is 0.998. The zero-order valence-corrected chi connectivity index (χ0v) is 20.5. The molecule has 1 heterocycles. The van der Waals surface area contributed by atoms with Gasteiger partial charge in [-0.1, -0.05) is 24.3 Å². The fraction of sp³-hybridized carbons (Fsp3) is 0.320. The van der Waals surface area contributed by atoms with Crippen LogP contribution in [0.5, 0.6) is 0 Å². The van der Waals surface area contributed by atoms with Crippen LogP contribution < -0.4 is 10.6 Å². The minimum atomic E-state index is -1.16. The molecule has 3 rings (SSSR count). The van der Waals surface area contributed by atoms with E-state index in [0.717, 1.165) is 4.90 Å². The molecule has 0 spiro atoms. The van der Waals surface area contributed by atoms with Crippen LogP contribution in [0, 0.1) is 0 Å². The third-order valence-corrected chi connectivity index (χ3v) is 5.86. The minimum Gasteiger partial charge on any atom is -0.454 e. The van der Waals surface area contributed by atoms with E-state index in [1.54, 1.807) is 36.4 Å². The number of nitrogens with one attached hydrogen (secondary N) is 2. The molecule has 2 aromatic carbocycles. The number of anilines is 1. The van der Waals surface area contributed by atoms with E-state index in [2.05, 4.69) is 10.6 Å². The molecule has 0 aromatic heterocycles. The van der Waals surface area contributed by atoms with Gasteiger partial charge in [-0.3, -0.25) is 24.1 Å². The highest BCUT2D eigenvalue weighted by atomic mass is 32.2. The number of thioether (sulfide) groups is 1. The Bertz CT molecular complexity index is 1110. The molecule has 0 bridgehead atoms. The number of nitrogens with zero attached hydrogens (tertiary/aromatic N) is 1. The summed E-state index contributed by atoms with van der Waals surface area (Å²) in [5.74, 6) is -2.50. The number of esters is 1. The van der Waals surface area contributed by atoms with Gasteiger partial charge in [-0.2, -0.15) is 11.8 Å². The molecule has 10 heteroatoms. The van der Waals surface area contributed by atoms with Crippen LogP contribution in [0.25, 0.3) is 0 Å². The Morgan fingerprint density at radius 3 is 2.17 bits per heavy atom. The summed E-state index contributed by atoms with van der Waals surface area (Å²) in [6, 6.07) is 11.6. The Kier molecular flexibility index (Phi) is 8.64. The molecule has 0 unspecified atom stereocenters. The molecule has 1 aliphatic rings. The van der Waals surface area contributed by atoms with Crippen LogP contribution in [0.4, 0.5) is 5.69 Å². The number of imide groups is 1. The van der Waals surface area contributed by atoms with Crippen LogP contribution in [0.1, 0.15) is 51.3 Å². The lowest BCUT2D eigenvalue weighted by Crippen LogP contribution is -2.46. The highest BCUT2D eigenvalue weighted by Gasteiger charge is 2.43. The zero-order valence-electron chi connectivity index (χ0n) is 19.7. The van der Waals surface area contributed by atoms with Gasteiger partial charge < -0.3 is 15.4 Å². The lowest BCUT2D eigenvalue weighted by molar-refractivity contribution is -0.151. The molecule has 0 saturated carbocycles. The molecule has 35 heavy (non-hydrogen) atoms. The van der Waals surface area contributed by atoms with Gasteiger partial charge in [0.05, 0.1) is 22.4 Å². The van der Waals surface area contributed by atoms with E-state index in [4.69, 9.17) is 4.74 Å². The second kappa shape index (κ2) is 11.7. The van der Waals surface area contributed by atoms with Gasteiger partial charge in [0.25, 0.3) is 23.6 Å². The van der Waals surface area contributed by atoms with Crippen molar-refractivity contribution in [3.63, 3.8) is 0 Å². The first-order valence-electron chi connectivity index (χ1n) is 11.1. The molecule has 184 valence electrons. The number of hydrogen-bond acceptors (Lipinski definition) is 7. The first-order valence-corrected chi connectivity index (χ1v) is 12.5. The van der Waals surface area contributed by atoms with Gasteiger partial charge in [0.15, 0.2) is 6.61 Å². The summed E-state index contributed by atoms with van der Waals surface area (Å²) in [5, 5.41) is 5.33.